The number of benzene rings is 13. The van der Waals surface area contributed by atoms with Gasteiger partial charge in [-0.05, 0) is 327 Å². The van der Waals surface area contributed by atoms with Crippen LogP contribution >= 0.6 is 0 Å². The smallest absolute Gasteiger partial charge is 0.121 e. The van der Waals surface area contributed by atoms with Gasteiger partial charge in [0.1, 0.15) is 5.75 Å². The van der Waals surface area contributed by atoms with Gasteiger partial charge in [-0.1, -0.05) is 148 Å². The molecule has 0 aliphatic heterocycles. The van der Waals surface area contributed by atoms with Crippen LogP contribution in [-0.2, 0) is 12.8 Å². The highest BCUT2D eigenvalue weighted by molar-refractivity contribution is 5.89. The average Bonchev–Trinajstić information content (AvgIpc) is 0.784. The van der Waals surface area contributed by atoms with E-state index in [1.807, 2.05) is 0 Å². The van der Waals surface area contributed by atoms with E-state index in [-0.39, 0.29) is 0 Å². The molecule has 0 amide bonds. The fourth-order valence-electron chi connectivity index (χ4n) is 14.4. The molecular formula is C98H100N6O. The van der Waals surface area contributed by atoms with Crippen LogP contribution in [0, 0.1) is 55.4 Å². The number of ether oxygens (including phenoxy) is 1. The van der Waals surface area contributed by atoms with Crippen LogP contribution in [0.1, 0.15) is 115 Å². The molecule has 13 aromatic carbocycles. The number of unbranched alkanes of at least 4 members (excludes halogenated alkanes) is 3. The molecule has 0 fully saturated rings. The zero-order valence-corrected chi connectivity index (χ0v) is 63.2. The summed E-state index contributed by atoms with van der Waals surface area (Å²) in [7, 11) is 0. The molecule has 0 saturated carbocycles. The maximum atomic E-state index is 6.31. The molecule has 105 heavy (non-hydrogen) atoms. The first-order valence-electron chi connectivity index (χ1n) is 37.8. The first-order valence-corrected chi connectivity index (χ1v) is 37.8. The summed E-state index contributed by atoms with van der Waals surface area (Å²) in [4.78, 5) is 14.3. The molecule has 7 nitrogen and oxygen atoms in total. The maximum absolute atomic E-state index is 6.31. The summed E-state index contributed by atoms with van der Waals surface area (Å²) < 4.78 is 6.31. The summed E-state index contributed by atoms with van der Waals surface area (Å²) in [5.41, 5.74) is 31.8. The number of anilines is 18. The topological polar surface area (TPSA) is 28.7 Å². The molecule has 0 heterocycles. The summed E-state index contributed by atoms with van der Waals surface area (Å²) in [6.07, 6.45) is 8.98. The zero-order valence-electron chi connectivity index (χ0n) is 63.2. The van der Waals surface area contributed by atoms with Crippen molar-refractivity contribution in [1.82, 2.24) is 0 Å². The van der Waals surface area contributed by atoms with E-state index in [0.717, 1.165) is 134 Å². The molecule has 0 N–H and O–H groups in total. The van der Waals surface area contributed by atoms with E-state index in [4.69, 9.17) is 4.74 Å². The highest BCUT2D eigenvalue weighted by atomic mass is 16.5. The Morgan fingerprint density at radius 1 is 0.229 bits per heavy atom. The standard InChI is InChI=1S/C98H100N6O/c1-12-15-21-78-32-40-81(41-33-78)100(82-42-34-79(35-43-82)22-16-13-2)84-46-44-83(45-47-84)99(80-36-27-70(4)28-37-80)87-54-60-92(61-55-87)104(98-76(10)65-74(8)66-77(98)11)93-62-56-88(57-63-93)101(86-52-58-91(59-53-86)103(90-38-29-71(5)30-39-90)97-68-73(7)26-31-75(97)9)85-48-50-89(51-49-85)102(94-23-18-20-72(6)67-94)95-24-19-25-96(69-95)105-64-17-14-3/h18-20,23-63,65-69H,12-17,21-22,64H2,1-11H3. The second kappa shape index (κ2) is 33.3. The van der Waals surface area contributed by atoms with Crippen molar-refractivity contribution in [2.24, 2.45) is 0 Å². The Kier molecular flexibility index (Phi) is 22.8. The van der Waals surface area contributed by atoms with Crippen molar-refractivity contribution >= 4 is 102 Å². The maximum Gasteiger partial charge on any atom is 0.121 e. The lowest BCUT2D eigenvalue weighted by molar-refractivity contribution is 0.309. The van der Waals surface area contributed by atoms with Crippen LogP contribution in [0.4, 0.5) is 102 Å². The average molecular weight is 1380 g/mol. The SMILES string of the molecule is CCCCOc1cccc(N(c2ccc(N(c3ccc(N(c4ccc(C)cc4)c4cc(C)ccc4C)cc3)c3ccc(N(c4ccc(N(c5ccc(C)cc5)c5ccc(N(c6ccc(CCCC)cc6)c6ccc(CCCC)cc6)cc5)cc4)c4c(C)cc(C)cc4C)cc3)cc2)c2cccc(C)c2)c1. The van der Waals surface area contributed by atoms with Gasteiger partial charge in [0.25, 0.3) is 0 Å². The lowest BCUT2D eigenvalue weighted by Gasteiger charge is -2.32. The number of hydrogen-bond acceptors (Lipinski definition) is 7. The molecule has 0 aliphatic carbocycles. The largest absolute Gasteiger partial charge is 0.494 e. The Labute approximate surface area is 625 Å². The van der Waals surface area contributed by atoms with Gasteiger partial charge in [0.2, 0.25) is 0 Å². The Morgan fingerprint density at radius 3 is 0.905 bits per heavy atom. The van der Waals surface area contributed by atoms with E-state index in [2.05, 4.69) is 403 Å². The monoisotopic (exact) mass is 1380 g/mol. The van der Waals surface area contributed by atoms with Crippen LogP contribution < -0.4 is 34.1 Å². The summed E-state index contributed by atoms with van der Waals surface area (Å²) >= 11 is 0. The molecule has 0 atom stereocenters. The quantitative estimate of drug-likeness (QED) is 0.0451. The molecule has 528 valence electrons. The van der Waals surface area contributed by atoms with Crippen LogP contribution in [0.2, 0.25) is 0 Å². The van der Waals surface area contributed by atoms with Gasteiger partial charge in [-0.25, -0.2) is 0 Å². The minimum absolute atomic E-state index is 0.680. The van der Waals surface area contributed by atoms with Gasteiger partial charge in [0.15, 0.2) is 0 Å². The fourth-order valence-corrected chi connectivity index (χ4v) is 14.4. The van der Waals surface area contributed by atoms with Gasteiger partial charge in [0.05, 0.1) is 12.3 Å². The van der Waals surface area contributed by atoms with Gasteiger partial charge < -0.3 is 34.1 Å². The Hall–Kier alpha value is -11.5. The van der Waals surface area contributed by atoms with Crippen molar-refractivity contribution in [3.05, 3.63) is 353 Å². The van der Waals surface area contributed by atoms with Gasteiger partial charge in [-0.3, -0.25) is 0 Å². The summed E-state index contributed by atoms with van der Waals surface area (Å²) in [6, 6.07) is 110. The summed E-state index contributed by atoms with van der Waals surface area (Å²) in [5.74, 6) is 0.861. The van der Waals surface area contributed by atoms with Crippen molar-refractivity contribution in [1.29, 1.82) is 0 Å². The predicted molar refractivity (Wildman–Crippen MR) is 450 cm³/mol. The molecule has 13 rings (SSSR count). The second-order valence-corrected chi connectivity index (χ2v) is 28.4. The van der Waals surface area contributed by atoms with Crippen LogP contribution in [0.15, 0.2) is 297 Å². The molecular weight excluding hydrogens is 1280 g/mol. The number of nitrogens with zero attached hydrogens (tertiary/aromatic N) is 6. The number of rotatable bonds is 28. The number of aryl methyl sites for hydroxylation is 10. The second-order valence-electron chi connectivity index (χ2n) is 28.4. The molecule has 0 aliphatic rings. The first-order chi connectivity index (χ1) is 51.2. The predicted octanol–water partition coefficient (Wildman–Crippen LogP) is 28.8. The van der Waals surface area contributed by atoms with Crippen molar-refractivity contribution in [3.63, 3.8) is 0 Å². The molecule has 7 heteroatoms. The molecule has 0 aromatic heterocycles. The van der Waals surface area contributed by atoms with Crippen LogP contribution in [0.3, 0.4) is 0 Å². The third-order valence-electron chi connectivity index (χ3n) is 20.0. The summed E-state index contributed by atoms with van der Waals surface area (Å²) in [6.45, 7) is 24.9. The molecule has 0 bridgehead atoms. The Balaban J connectivity index is 0.885. The van der Waals surface area contributed by atoms with Crippen molar-refractivity contribution in [2.75, 3.05) is 36.0 Å². The minimum atomic E-state index is 0.680. The third-order valence-corrected chi connectivity index (χ3v) is 20.0. The van der Waals surface area contributed by atoms with Gasteiger partial charge >= 0.3 is 0 Å². The first kappa shape index (κ1) is 71.8. The number of hydrogen-bond donors (Lipinski definition) is 0. The van der Waals surface area contributed by atoms with E-state index in [1.54, 1.807) is 0 Å². The third kappa shape index (κ3) is 16.8. The Morgan fingerprint density at radius 2 is 0.533 bits per heavy atom. The van der Waals surface area contributed by atoms with Crippen molar-refractivity contribution in [3.8, 4) is 5.75 Å². The van der Waals surface area contributed by atoms with Gasteiger partial charge in [0, 0.05) is 103 Å². The van der Waals surface area contributed by atoms with E-state index in [9.17, 15) is 0 Å². The summed E-state index contributed by atoms with van der Waals surface area (Å²) in [5, 5.41) is 0. The van der Waals surface area contributed by atoms with Crippen LogP contribution in [-0.4, -0.2) is 6.61 Å². The normalized spacial score (nSPS) is 11.2. The van der Waals surface area contributed by atoms with Crippen LogP contribution in [0.5, 0.6) is 5.75 Å². The lowest BCUT2D eigenvalue weighted by atomic mass is 10.0. The highest BCUT2D eigenvalue weighted by Gasteiger charge is 2.24. The lowest BCUT2D eigenvalue weighted by Crippen LogP contribution is -2.15. The zero-order chi connectivity index (χ0) is 72.9. The van der Waals surface area contributed by atoms with Crippen LogP contribution in [0.25, 0.3) is 0 Å². The Bertz CT molecular complexity index is 4920. The molecule has 0 spiro atoms. The van der Waals surface area contributed by atoms with E-state index >= 15 is 0 Å². The van der Waals surface area contributed by atoms with Crippen molar-refractivity contribution in [2.45, 2.75) is 128 Å². The fraction of sp³-hybridized carbons (Fsp3) is 0.204. The molecule has 13 aromatic rings. The van der Waals surface area contributed by atoms with Gasteiger partial charge in [-0.2, -0.15) is 0 Å². The molecule has 0 unspecified atom stereocenters. The molecule has 0 radical (unpaired) electrons. The van der Waals surface area contributed by atoms with E-state index in [1.165, 1.54) is 81.3 Å². The molecule has 0 saturated heterocycles. The highest BCUT2D eigenvalue weighted by Crippen LogP contribution is 2.47. The van der Waals surface area contributed by atoms with E-state index in [0.29, 0.717) is 6.61 Å². The van der Waals surface area contributed by atoms with Crippen molar-refractivity contribution < 1.29 is 4.74 Å². The minimum Gasteiger partial charge on any atom is -0.494 e. The van der Waals surface area contributed by atoms with Gasteiger partial charge in [-0.15, -0.1) is 0 Å². The van der Waals surface area contributed by atoms with E-state index < -0.39 is 0 Å².